The maximum atomic E-state index is 13.8. The van der Waals surface area contributed by atoms with Crippen LogP contribution in [-0.2, 0) is 11.3 Å². The summed E-state index contributed by atoms with van der Waals surface area (Å²) in [6, 6.07) is 15.2. The van der Waals surface area contributed by atoms with Crippen LogP contribution in [0.15, 0.2) is 72.8 Å². The average Bonchev–Trinajstić information content (AvgIpc) is 3.00. The predicted octanol–water partition coefficient (Wildman–Crippen LogP) is 6.38. The molecule has 43 heavy (non-hydrogen) atoms. The number of aliphatic carboxylic acids is 1. The van der Waals surface area contributed by atoms with Gasteiger partial charge in [0.2, 0.25) is 5.82 Å². The molecule has 3 aromatic rings. The van der Waals surface area contributed by atoms with Gasteiger partial charge in [0.25, 0.3) is 5.91 Å². The molecule has 0 unspecified atom stereocenters. The van der Waals surface area contributed by atoms with Gasteiger partial charge in [-0.05, 0) is 78.8 Å². The summed E-state index contributed by atoms with van der Waals surface area (Å²) >= 11 is 0. The van der Waals surface area contributed by atoms with Gasteiger partial charge in [-0.15, -0.1) is 0 Å². The number of amides is 3. The molecule has 3 amide bonds. The number of anilines is 2. The predicted molar refractivity (Wildman–Crippen MR) is 153 cm³/mol. The van der Waals surface area contributed by atoms with Crippen molar-refractivity contribution < 1.29 is 37.6 Å². The van der Waals surface area contributed by atoms with E-state index in [1.165, 1.54) is 40.8 Å². The smallest absolute Gasteiger partial charge is 0.376 e. The van der Waals surface area contributed by atoms with E-state index in [4.69, 9.17) is 5.11 Å². The Bertz CT molecular complexity index is 1560. The zero-order valence-corrected chi connectivity index (χ0v) is 22.7. The molecule has 0 saturated heterocycles. The minimum Gasteiger partial charge on any atom is -0.477 e. The van der Waals surface area contributed by atoms with Crippen LogP contribution in [0, 0.1) is 15.9 Å². The van der Waals surface area contributed by atoms with Gasteiger partial charge >= 0.3 is 23.6 Å². The number of nitro benzene ring substituents is 1. The summed E-state index contributed by atoms with van der Waals surface area (Å²) in [6.45, 7) is -1.42. The molecule has 1 aliphatic carbocycles. The van der Waals surface area contributed by atoms with Crippen molar-refractivity contribution in [1.29, 1.82) is 0 Å². The van der Waals surface area contributed by atoms with Gasteiger partial charge in [0, 0.05) is 23.0 Å². The lowest BCUT2D eigenvalue weighted by atomic mass is 9.93. The maximum Gasteiger partial charge on any atom is 0.376 e. The van der Waals surface area contributed by atoms with Crippen molar-refractivity contribution in [2.75, 3.05) is 16.8 Å². The number of nitro groups is 1. The number of nitrogens with zero attached hydrogens (tertiary/aromatic N) is 2. The molecular weight excluding hydrogens is 569 g/mol. The molecule has 224 valence electrons. The molecule has 0 aromatic heterocycles. The summed E-state index contributed by atoms with van der Waals surface area (Å²) in [5.74, 6) is -8.45. The lowest BCUT2D eigenvalue weighted by Crippen LogP contribution is -2.42. The molecule has 1 aliphatic rings. The van der Waals surface area contributed by atoms with Gasteiger partial charge in [-0.3, -0.25) is 19.8 Å². The van der Waals surface area contributed by atoms with E-state index in [9.17, 15) is 37.7 Å². The second kappa shape index (κ2) is 13.2. The van der Waals surface area contributed by atoms with E-state index in [0.29, 0.717) is 11.3 Å². The van der Waals surface area contributed by atoms with Crippen LogP contribution >= 0.6 is 0 Å². The van der Waals surface area contributed by atoms with Crippen LogP contribution in [0.1, 0.15) is 47.2 Å². The van der Waals surface area contributed by atoms with Gasteiger partial charge in [-0.1, -0.05) is 30.3 Å². The summed E-state index contributed by atoms with van der Waals surface area (Å²) in [7, 11) is 0. The largest absolute Gasteiger partial charge is 0.477 e. The van der Waals surface area contributed by atoms with Crippen LogP contribution in [0.3, 0.4) is 0 Å². The number of alkyl halides is 2. The first-order valence-electron chi connectivity index (χ1n) is 13.2. The molecule has 0 fully saturated rings. The highest BCUT2D eigenvalue weighted by atomic mass is 19.3. The van der Waals surface area contributed by atoms with Crippen LogP contribution in [0.5, 0.6) is 0 Å². The molecule has 0 saturated carbocycles. The average molecular weight is 597 g/mol. The lowest BCUT2D eigenvalue weighted by Gasteiger charge is -2.24. The fraction of sp³-hybridized carbons (Fsp3) is 0.233. The Hall–Kier alpha value is -5.20. The number of urea groups is 1. The minimum atomic E-state index is -4.13. The molecule has 3 aromatic carbocycles. The van der Waals surface area contributed by atoms with Crippen molar-refractivity contribution >= 4 is 40.5 Å². The van der Waals surface area contributed by atoms with Crippen LogP contribution in [0.2, 0.25) is 0 Å². The first-order valence-corrected chi connectivity index (χ1v) is 13.2. The Morgan fingerprint density at radius 2 is 1.70 bits per heavy atom. The van der Waals surface area contributed by atoms with E-state index >= 15 is 0 Å². The van der Waals surface area contributed by atoms with E-state index in [1.54, 1.807) is 12.1 Å². The Labute approximate surface area is 244 Å². The van der Waals surface area contributed by atoms with Crippen LogP contribution in [0.4, 0.5) is 35.0 Å². The zero-order valence-electron chi connectivity index (χ0n) is 22.7. The van der Waals surface area contributed by atoms with E-state index < -0.39 is 46.8 Å². The number of halogens is 3. The number of hydrogen-bond acceptors (Lipinski definition) is 5. The number of benzene rings is 3. The Kier molecular flexibility index (Phi) is 9.43. The highest BCUT2D eigenvalue weighted by Gasteiger charge is 2.39. The molecular formula is C30H27F3N4O6. The standard InChI is InChI=1S/C30H27F3N4O6/c31-25-15-12-23(16-26(25)37(42)43)35-29(41)36(24-13-10-21(11-14-24)20-4-2-1-3-5-20)17-19-6-8-22(9-7-19)27(38)34-18-30(32,33)28(39)40/h4,6-16H,1-3,5,17-18H2,(H,34,38)(H,35,41)(H,39,40). The summed E-state index contributed by atoms with van der Waals surface area (Å²) in [4.78, 5) is 47.9. The van der Waals surface area contributed by atoms with Gasteiger partial charge in [0.15, 0.2) is 0 Å². The van der Waals surface area contributed by atoms with E-state index in [2.05, 4.69) is 11.4 Å². The third-order valence-electron chi connectivity index (χ3n) is 6.82. The third kappa shape index (κ3) is 7.76. The monoisotopic (exact) mass is 596 g/mol. The zero-order chi connectivity index (χ0) is 31.1. The molecule has 0 heterocycles. The maximum absolute atomic E-state index is 13.8. The van der Waals surface area contributed by atoms with Crippen LogP contribution in [-0.4, -0.2) is 40.4 Å². The highest BCUT2D eigenvalue weighted by molar-refractivity contribution is 6.02. The van der Waals surface area contributed by atoms with Crippen molar-refractivity contribution in [3.8, 4) is 0 Å². The van der Waals surface area contributed by atoms with Gasteiger partial charge < -0.3 is 15.7 Å². The van der Waals surface area contributed by atoms with E-state index in [-0.39, 0.29) is 17.8 Å². The lowest BCUT2D eigenvalue weighted by molar-refractivity contribution is -0.387. The molecule has 10 nitrogen and oxygen atoms in total. The van der Waals surface area contributed by atoms with Crippen molar-refractivity contribution in [1.82, 2.24) is 5.32 Å². The first-order chi connectivity index (χ1) is 20.4. The normalized spacial score (nSPS) is 13.0. The Morgan fingerprint density at radius 1 is 1.00 bits per heavy atom. The molecule has 4 rings (SSSR count). The number of hydrogen-bond donors (Lipinski definition) is 3. The first kappa shape index (κ1) is 30.8. The molecule has 0 bridgehead atoms. The molecule has 0 radical (unpaired) electrons. The number of carboxylic acid groups (broad SMARTS) is 1. The second-order valence-corrected chi connectivity index (χ2v) is 9.85. The summed E-state index contributed by atoms with van der Waals surface area (Å²) in [5.41, 5.74) is 2.43. The number of nitrogens with one attached hydrogen (secondary N) is 2. The Balaban J connectivity index is 1.56. The number of carbonyl (C=O) groups is 3. The SMILES string of the molecule is O=C(NCC(F)(F)C(=O)O)c1ccc(CN(C(=O)Nc2ccc(F)c([N+](=O)[O-])c2)c2ccc(C3=CCCCC3)cc2)cc1. The molecule has 0 spiro atoms. The summed E-state index contributed by atoms with van der Waals surface area (Å²) in [5, 5.41) is 24.1. The topological polar surface area (TPSA) is 142 Å². The summed E-state index contributed by atoms with van der Waals surface area (Å²) < 4.78 is 40.5. The summed E-state index contributed by atoms with van der Waals surface area (Å²) in [6.07, 6.45) is 6.34. The van der Waals surface area contributed by atoms with Gasteiger partial charge in [0.1, 0.15) is 0 Å². The third-order valence-corrected chi connectivity index (χ3v) is 6.82. The van der Waals surface area contributed by atoms with E-state index in [1.807, 2.05) is 17.4 Å². The van der Waals surface area contributed by atoms with Gasteiger partial charge in [0.05, 0.1) is 18.0 Å². The molecule has 0 aliphatic heterocycles. The van der Waals surface area contributed by atoms with Crippen molar-refractivity contribution in [3.05, 3.63) is 105 Å². The highest BCUT2D eigenvalue weighted by Crippen LogP contribution is 2.29. The number of rotatable bonds is 10. The second-order valence-electron chi connectivity index (χ2n) is 9.85. The van der Waals surface area contributed by atoms with Crippen LogP contribution in [0.25, 0.3) is 5.57 Å². The quantitative estimate of drug-likeness (QED) is 0.183. The fourth-order valence-electron chi connectivity index (χ4n) is 4.47. The fourth-order valence-corrected chi connectivity index (χ4v) is 4.47. The van der Waals surface area contributed by atoms with Crippen molar-refractivity contribution in [2.45, 2.75) is 38.2 Å². The number of carboxylic acids is 1. The number of allylic oxidation sites excluding steroid dienone is 2. The molecule has 0 atom stereocenters. The van der Waals surface area contributed by atoms with Gasteiger partial charge in [-0.2, -0.15) is 13.2 Å². The molecule has 3 N–H and O–H groups in total. The molecule has 13 heteroatoms. The van der Waals surface area contributed by atoms with Crippen molar-refractivity contribution in [3.63, 3.8) is 0 Å². The van der Waals surface area contributed by atoms with E-state index in [0.717, 1.165) is 43.4 Å². The number of carbonyl (C=O) groups excluding carboxylic acids is 2. The minimum absolute atomic E-state index is 0.00253. The van der Waals surface area contributed by atoms with Crippen molar-refractivity contribution in [2.24, 2.45) is 0 Å². The van der Waals surface area contributed by atoms with Crippen LogP contribution < -0.4 is 15.5 Å². The Morgan fingerprint density at radius 3 is 2.30 bits per heavy atom. The van der Waals surface area contributed by atoms with Gasteiger partial charge in [-0.25, -0.2) is 9.59 Å².